The molecule has 0 aromatic heterocycles. The second-order valence-electron chi connectivity index (χ2n) is 12.9. The minimum absolute atomic E-state index is 0.267. The van der Waals surface area contributed by atoms with Crippen molar-refractivity contribution in [2.75, 3.05) is 6.61 Å². The van der Waals surface area contributed by atoms with Gasteiger partial charge in [0.15, 0.2) is 0 Å². The summed E-state index contributed by atoms with van der Waals surface area (Å²) in [5.74, 6) is -1.20. The SMILES string of the molecule is CCCCCCCCCCCCCCCC(=O)N[C@@H](CC(=O)O)C(=O)OCCCCCCCCCCCCCC(C)C. The molecule has 0 rings (SSSR count). The van der Waals surface area contributed by atoms with Gasteiger partial charge in [0.1, 0.15) is 6.04 Å². The van der Waals surface area contributed by atoms with Gasteiger partial charge >= 0.3 is 11.9 Å². The molecule has 0 aliphatic heterocycles. The summed E-state index contributed by atoms with van der Waals surface area (Å²) in [4.78, 5) is 36.0. The molecule has 6 heteroatoms. The van der Waals surface area contributed by atoms with Crippen LogP contribution in [0.1, 0.15) is 194 Å². The fourth-order valence-corrected chi connectivity index (χ4v) is 5.46. The van der Waals surface area contributed by atoms with Gasteiger partial charge in [0.05, 0.1) is 13.0 Å². The van der Waals surface area contributed by atoms with Crippen LogP contribution in [0.25, 0.3) is 0 Å². The van der Waals surface area contributed by atoms with E-state index < -0.39 is 24.4 Å². The topological polar surface area (TPSA) is 92.7 Å². The van der Waals surface area contributed by atoms with E-state index in [0.717, 1.165) is 44.4 Å². The van der Waals surface area contributed by atoms with E-state index in [9.17, 15) is 19.5 Å². The molecule has 248 valence electrons. The standard InChI is InChI=1S/C36H69NO5/c1-4-5-6-7-8-9-10-11-14-17-20-23-26-29-34(38)37-33(31-35(39)40)36(41)42-30-27-24-21-18-15-12-13-16-19-22-25-28-32(2)3/h32-33H,4-31H2,1-3H3,(H,37,38)(H,39,40)/t33-/m0/s1. The minimum atomic E-state index is -1.12. The van der Waals surface area contributed by atoms with E-state index in [0.29, 0.717) is 6.42 Å². The number of esters is 1. The lowest BCUT2D eigenvalue weighted by Gasteiger charge is -2.16. The first-order valence-electron chi connectivity index (χ1n) is 18.0. The van der Waals surface area contributed by atoms with Crippen LogP contribution in [0.5, 0.6) is 0 Å². The molecule has 0 saturated carbocycles. The van der Waals surface area contributed by atoms with E-state index in [4.69, 9.17) is 4.74 Å². The normalized spacial score (nSPS) is 12.0. The van der Waals surface area contributed by atoms with E-state index in [1.807, 2.05) is 0 Å². The van der Waals surface area contributed by atoms with Crippen molar-refractivity contribution >= 4 is 17.8 Å². The van der Waals surface area contributed by atoms with E-state index >= 15 is 0 Å². The third-order valence-electron chi connectivity index (χ3n) is 8.18. The van der Waals surface area contributed by atoms with Crippen LogP contribution < -0.4 is 5.32 Å². The van der Waals surface area contributed by atoms with E-state index in [1.165, 1.54) is 122 Å². The van der Waals surface area contributed by atoms with Crippen LogP contribution in [0.4, 0.5) is 0 Å². The number of hydrogen-bond donors (Lipinski definition) is 2. The zero-order valence-electron chi connectivity index (χ0n) is 28.0. The molecule has 1 amide bonds. The van der Waals surface area contributed by atoms with Gasteiger partial charge in [-0.1, -0.05) is 168 Å². The number of rotatable bonds is 32. The predicted octanol–water partition coefficient (Wildman–Crippen LogP) is 10.3. The van der Waals surface area contributed by atoms with Gasteiger partial charge in [0.2, 0.25) is 5.91 Å². The quantitative estimate of drug-likeness (QED) is 0.0596. The van der Waals surface area contributed by atoms with Gasteiger partial charge in [-0.2, -0.15) is 0 Å². The van der Waals surface area contributed by atoms with Crippen molar-refractivity contribution in [3.05, 3.63) is 0 Å². The van der Waals surface area contributed by atoms with Crippen LogP contribution in [0.3, 0.4) is 0 Å². The Morgan fingerprint density at radius 3 is 1.43 bits per heavy atom. The first-order valence-corrected chi connectivity index (χ1v) is 18.0. The zero-order valence-corrected chi connectivity index (χ0v) is 28.0. The Morgan fingerprint density at radius 1 is 0.595 bits per heavy atom. The van der Waals surface area contributed by atoms with Crippen molar-refractivity contribution in [2.45, 2.75) is 200 Å². The van der Waals surface area contributed by atoms with Crippen molar-refractivity contribution < 1.29 is 24.2 Å². The number of ether oxygens (including phenoxy) is 1. The monoisotopic (exact) mass is 596 g/mol. The van der Waals surface area contributed by atoms with E-state index in [1.54, 1.807) is 0 Å². The molecule has 2 N–H and O–H groups in total. The van der Waals surface area contributed by atoms with Crippen molar-refractivity contribution in [3.8, 4) is 0 Å². The summed E-state index contributed by atoms with van der Waals surface area (Å²) in [6.07, 6.45) is 30.7. The maximum atomic E-state index is 12.4. The van der Waals surface area contributed by atoms with Crippen LogP contribution in [0.2, 0.25) is 0 Å². The summed E-state index contributed by atoms with van der Waals surface area (Å²) < 4.78 is 5.32. The summed E-state index contributed by atoms with van der Waals surface area (Å²) in [7, 11) is 0. The Hall–Kier alpha value is -1.59. The highest BCUT2D eigenvalue weighted by Crippen LogP contribution is 2.15. The molecule has 0 spiro atoms. The summed E-state index contributed by atoms with van der Waals surface area (Å²) in [6, 6.07) is -1.11. The highest BCUT2D eigenvalue weighted by Gasteiger charge is 2.25. The average Bonchev–Trinajstić information content (AvgIpc) is 2.94. The van der Waals surface area contributed by atoms with Gasteiger partial charge in [-0.3, -0.25) is 9.59 Å². The highest BCUT2D eigenvalue weighted by molar-refractivity contribution is 5.87. The number of unbranched alkanes of at least 4 members (excludes halogenated alkanes) is 22. The molecule has 0 saturated heterocycles. The van der Waals surface area contributed by atoms with E-state index in [-0.39, 0.29) is 12.5 Å². The van der Waals surface area contributed by atoms with Gasteiger partial charge in [0.25, 0.3) is 0 Å². The summed E-state index contributed by atoms with van der Waals surface area (Å²) >= 11 is 0. The zero-order chi connectivity index (χ0) is 31.1. The molecule has 0 bridgehead atoms. The van der Waals surface area contributed by atoms with Crippen LogP contribution >= 0.6 is 0 Å². The number of carbonyl (C=O) groups is 3. The highest BCUT2D eigenvalue weighted by atomic mass is 16.5. The second kappa shape index (κ2) is 30.9. The van der Waals surface area contributed by atoms with Crippen LogP contribution in [0.15, 0.2) is 0 Å². The van der Waals surface area contributed by atoms with E-state index in [2.05, 4.69) is 26.1 Å². The Balaban J connectivity index is 3.77. The molecule has 0 heterocycles. The largest absolute Gasteiger partial charge is 0.481 e. The lowest BCUT2D eigenvalue weighted by Crippen LogP contribution is -2.43. The third-order valence-corrected chi connectivity index (χ3v) is 8.18. The molecule has 0 aromatic carbocycles. The third kappa shape index (κ3) is 29.9. The first-order chi connectivity index (χ1) is 20.4. The number of amides is 1. The molecule has 0 aliphatic carbocycles. The summed E-state index contributed by atoms with van der Waals surface area (Å²) in [5.41, 5.74) is 0. The smallest absolute Gasteiger partial charge is 0.329 e. The van der Waals surface area contributed by atoms with Crippen molar-refractivity contribution in [3.63, 3.8) is 0 Å². The number of carbonyl (C=O) groups excluding carboxylic acids is 2. The Bertz CT molecular complexity index is 636. The fraction of sp³-hybridized carbons (Fsp3) is 0.917. The Kier molecular flexibility index (Phi) is 29.7. The number of aliphatic carboxylic acids is 1. The molecular formula is C36H69NO5. The van der Waals surface area contributed by atoms with Crippen LogP contribution in [-0.4, -0.2) is 35.6 Å². The predicted molar refractivity (Wildman–Crippen MR) is 176 cm³/mol. The van der Waals surface area contributed by atoms with Gasteiger partial charge in [-0.05, 0) is 18.8 Å². The molecule has 0 aliphatic rings. The molecule has 0 unspecified atom stereocenters. The van der Waals surface area contributed by atoms with Gasteiger partial charge in [0, 0.05) is 6.42 Å². The molecular weight excluding hydrogens is 526 g/mol. The molecule has 0 fully saturated rings. The number of carboxylic acids is 1. The fourth-order valence-electron chi connectivity index (χ4n) is 5.46. The van der Waals surface area contributed by atoms with Crippen molar-refractivity contribution in [1.29, 1.82) is 0 Å². The molecule has 0 radical (unpaired) electrons. The maximum absolute atomic E-state index is 12.4. The van der Waals surface area contributed by atoms with Gasteiger partial charge < -0.3 is 15.2 Å². The summed E-state index contributed by atoms with van der Waals surface area (Å²) in [5, 5.41) is 11.8. The molecule has 6 nitrogen and oxygen atoms in total. The first kappa shape index (κ1) is 40.4. The number of carboxylic acid groups (broad SMARTS) is 1. The van der Waals surface area contributed by atoms with Crippen LogP contribution in [0, 0.1) is 5.92 Å². The van der Waals surface area contributed by atoms with Crippen molar-refractivity contribution in [1.82, 2.24) is 5.32 Å². The van der Waals surface area contributed by atoms with Crippen molar-refractivity contribution in [2.24, 2.45) is 5.92 Å². The molecule has 0 aromatic rings. The second-order valence-corrected chi connectivity index (χ2v) is 12.9. The maximum Gasteiger partial charge on any atom is 0.329 e. The lowest BCUT2D eigenvalue weighted by molar-refractivity contribution is -0.151. The Labute approximate surface area is 259 Å². The number of nitrogens with one attached hydrogen (secondary N) is 1. The van der Waals surface area contributed by atoms with Crippen LogP contribution in [-0.2, 0) is 19.1 Å². The summed E-state index contributed by atoms with van der Waals surface area (Å²) in [6.45, 7) is 7.12. The van der Waals surface area contributed by atoms with Gasteiger partial charge in [-0.25, -0.2) is 4.79 Å². The minimum Gasteiger partial charge on any atom is -0.481 e. The molecule has 1 atom stereocenters. The number of hydrogen-bond acceptors (Lipinski definition) is 4. The van der Waals surface area contributed by atoms with Gasteiger partial charge in [-0.15, -0.1) is 0 Å². The molecule has 42 heavy (non-hydrogen) atoms. The Morgan fingerprint density at radius 2 is 1.00 bits per heavy atom. The average molecular weight is 596 g/mol. The lowest BCUT2D eigenvalue weighted by atomic mass is 10.0.